The Balaban J connectivity index is 2.28. The number of piperidine rings is 1. The van der Waals surface area contributed by atoms with Gasteiger partial charge < -0.3 is 15.1 Å². The molecule has 0 saturated carbocycles. The van der Waals surface area contributed by atoms with E-state index in [1.165, 1.54) is 12.3 Å². The van der Waals surface area contributed by atoms with Crippen molar-refractivity contribution in [2.75, 3.05) is 18.0 Å². The number of anilines is 1. The number of nitrogens with zero attached hydrogens (tertiary/aromatic N) is 2. The maximum Gasteiger partial charge on any atom is 0.171 e. The lowest BCUT2D eigenvalue weighted by molar-refractivity contribution is 0.0445. The van der Waals surface area contributed by atoms with Crippen molar-refractivity contribution in [2.45, 2.75) is 32.0 Å². The summed E-state index contributed by atoms with van der Waals surface area (Å²) in [5.41, 5.74) is -0.568. The van der Waals surface area contributed by atoms with E-state index in [1.807, 2.05) is 0 Å². The number of aliphatic hydroxyl groups excluding tert-OH is 1. The molecule has 0 bridgehead atoms. The van der Waals surface area contributed by atoms with E-state index in [4.69, 9.17) is 5.11 Å². The summed E-state index contributed by atoms with van der Waals surface area (Å²) in [6.07, 6.45) is 3.00. The van der Waals surface area contributed by atoms with Gasteiger partial charge in [-0.15, -0.1) is 0 Å². The summed E-state index contributed by atoms with van der Waals surface area (Å²) in [7, 11) is 0. The topological polar surface area (TPSA) is 56.6 Å². The molecule has 94 valence electrons. The predicted octanol–water partition coefficient (Wildman–Crippen LogP) is 1.06. The smallest absolute Gasteiger partial charge is 0.171 e. The van der Waals surface area contributed by atoms with Crippen molar-refractivity contribution in [1.29, 1.82) is 0 Å². The molecule has 4 nitrogen and oxygen atoms in total. The molecule has 1 fully saturated rings. The summed E-state index contributed by atoms with van der Waals surface area (Å²) in [5, 5.41) is 19.0. The molecule has 2 rings (SSSR count). The summed E-state index contributed by atoms with van der Waals surface area (Å²) in [6, 6.07) is 1.46. The molecule has 1 atom stereocenters. The van der Waals surface area contributed by atoms with Crippen molar-refractivity contribution >= 4 is 5.82 Å². The van der Waals surface area contributed by atoms with Crippen LogP contribution >= 0.6 is 0 Å². The molecule has 1 aromatic rings. The average molecular weight is 240 g/mol. The zero-order valence-electron chi connectivity index (χ0n) is 9.86. The van der Waals surface area contributed by atoms with Gasteiger partial charge in [0.05, 0.1) is 12.2 Å². The molecule has 5 heteroatoms. The molecule has 1 aliphatic rings. The first-order valence-corrected chi connectivity index (χ1v) is 5.75. The van der Waals surface area contributed by atoms with Gasteiger partial charge in [-0.3, -0.25) is 0 Å². The Morgan fingerprint density at radius 2 is 2.35 bits per heavy atom. The van der Waals surface area contributed by atoms with Gasteiger partial charge in [0.15, 0.2) is 11.6 Å². The van der Waals surface area contributed by atoms with E-state index in [2.05, 4.69) is 4.98 Å². The van der Waals surface area contributed by atoms with Crippen LogP contribution < -0.4 is 4.90 Å². The monoisotopic (exact) mass is 240 g/mol. The highest BCUT2D eigenvalue weighted by Gasteiger charge is 2.30. The molecule has 1 saturated heterocycles. The highest BCUT2D eigenvalue weighted by Crippen LogP contribution is 2.27. The standard InChI is InChI=1S/C12H17FN2O2/c1-12(17)4-2-6-15(8-12)11-10(13)9(7-16)3-5-14-11/h3,5,16-17H,2,4,6-8H2,1H3. The van der Waals surface area contributed by atoms with E-state index in [1.54, 1.807) is 11.8 Å². The van der Waals surface area contributed by atoms with Gasteiger partial charge in [0.1, 0.15) is 0 Å². The van der Waals surface area contributed by atoms with Crippen LogP contribution in [0.5, 0.6) is 0 Å². The lowest BCUT2D eigenvalue weighted by Crippen LogP contribution is -2.46. The molecule has 0 amide bonds. The van der Waals surface area contributed by atoms with Crippen LogP contribution in [0, 0.1) is 5.82 Å². The first-order valence-electron chi connectivity index (χ1n) is 5.75. The number of aromatic nitrogens is 1. The van der Waals surface area contributed by atoms with Gasteiger partial charge in [0.2, 0.25) is 0 Å². The van der Waals surface area contributed by atoms with Crippen molar-refractivity contribution in [1.82, 2.24) is 4.98 Å². The zero-order chi connectivity index (χ0) is 12.5. The number of β-amino-alcohol motifs (C(OH)–C–C–N with tert-alkyl or cyclic N) is 1. The van der Waals surface area contributed by atoms with Crippen LogP contribution in [0.2, 0.25) is 0 Å². The number of rotatable bonds is 2. The van der Waals surface area contributed by atoms with Gasteiger partial charge in [0, 0.05) is 24.8 Å². The van der Waals surface area contributed by atoms with E-state index in [9.17, 15) is 9.50 Å². The summed E-state index contributed by atoms with van der Waals surface area (Å²) < 4.78 is 14.0. The fraction of sp³-hybridized carbons (Fsp3) is 0.583. The quantitative estimate of drug-likeness (QED) is 0.811. The minimum atomic E-state index is -0.804. The molecule has 1 aromatic heterocycles. The second-order valence-corrected chi connectivity index (χ2v) is 4.79. The highest BCUT2D eigenvalue weighted by atomic mass is 19.1. The number of hydrogen-bond donors (Lipinski definition) is 2. The SMILES string of the molecule is CC1(O)CCCN(c2nccc(CO)c2F)C1. The van der Waals surface area contributed by atoms with E-state index < -0.39 is 11.4 Å². The van der Waals surface area contributed by atoms with E-state index in [0.29, 0.717) is 19.5 Å². The number of pyridine rings is 1. The van der Waals surface area contributed by atoms with E-state index >= 15 is 0 Å². The van der Waals surface area contributed by atoms with E-state index in [0.717, 1.165) is 6.42 Å². The molecule has 1 unspecified atom stereocenters. The lowest BCUT2D eigenvalue weighted by Gasteiger charge is -2.37. The van der Waals surface area contributed by atoms with Crippen LogP contribution in [0.1, 0.15) is 25.3 Å². The third-order valence-corrected chi connectivity index (χ3v) is 3.10. The van der Waals surface area contributed by atoms with Crippen LogP contribution in [0.15, 0.2) is 12.3 Å². The maximum atomic E-state index is 14.0. The van der Waals surface area contributed by atoms with Crippen molar-refractivity contribution in [3.63, 3.8) is 0 Å². The second kappa shape index (κ2) is 4.58. The largest absolute Gasteiger partial charge is 0.392 e. The summed E-state index contributed by atoms with van der Waals surface area (Å²) >= 11 is 0. The average Bonchev–Trinajstić information content (AvgIpc) is 2.28. The molecule has 2 heterocycles. The summed E-state index contributed by atoms with van der Waals surface area (Å²) in [5.74, 6) is -0.274. The zero-order valence-corrected chi connectivity index (χ0v) is 9.86. The first kappa shape index (κ1) is 12.3. The Bertz CT molecular complexity index is 409. The van der Waals surface area contributed by atoms with Crippen LogP contribution in [0.25, 0.3) is 0 Å². The van der Waals surface area contributed by atoms with Crippen molar-refractivity contribution in [2.24, 2.45) is 0 Å². The minimum absolute atomic E-state index is 0.219. The Hall–Kier alpha value is -1.20. The molecular formula is C12H17FN2O2. The molecule has 1 aliphatic heterocycles. The third-order valence-electron chi connectivity index (χ3n) is 3.10. The predicted molar refractivity (Wildman–Crippen MR) is 62.2 cm³/mol. The molecule has 0 aromatic carbocycles. The van der Waals surface area contributed by atoms with Gasteiger partial charge in [-0.25, -0.2) is 9.37 Å². The normalized spacial score (nSPS) is 25.1. The van der Waals surface area contributed by atoms with Gasteiger partial charge in [-0.2, -0.15) is 0 Å². The third kappa shape index (κ3) is 2.56. The van der Waals surface area contributed by atoms with Crippen molar-refractivity contribution in [3.05, 3.63) is 23.6 Å². The van der Waals surface area contributed by atoms with Crippen LogP contribution in [0.3, 0.4) is 0 Å². The van der Waals surface area contributed by atoms with Gasteiger partial charge in [-0.05, 0) is 25.8 Å². The summed E-state index contributed by atoms with van der Waals surface area (Å²) in [6.45, 7) is 2.44. The number of halogens is 1. The molecule has 17 heavy (non-hydrogen) atoms. The maximum absolute atomic E-state index is 14.0. The van der Waals surface area contributed by atoms with Crippen molar-refractivity contribution in [3.8, 4) is 0 Å². The lowest BCUT2D eigenvalue weighted by atomic mass is 9.95. The van der Waals surface area contributed by atoms with Crippen molar-refractivity contribution < 1.29 is 14.6 Å². The van der Waals surface area contributed by atoms with Gasteiger partial charge >= 0.3 is 0 Å². The molecule has 0 spiro atoms. The molecular weight excluding hydrogens is 223 g/mol. The Kier molecular flexibility index (Phi) is 3.31. The molecule has 0 radical (unpaired) electrons. The molecule has 2 N–H and O–H groups in total. The van der Waals surface area contributed by atoms with Gasteiger partial charge in [-0.1, -0.05) is 0 Å². The first-order chi connectivity index (χ1) is 8.03. The second-order valence-electron chi connectivity index (χ2n) is 4.79. The Morgan fingerprint density at radius 1 is 1.59 bits per heavy atom. The Labute approximate surface area is 99.7 Å². The fourth-order valence-corrected chi connectivity index (χ4v) is 2.21. The van der Waals surface area contributed by atoms with Crippen LogP contribution in [-0.4, -0.2) is 33.9 Å². The minimum Gasteiger partial charge on any atom is -0.392 e. The van der Waals surface area contributed by atoms with E-state index in [-0.39, 0.29) is 18.0 Å². The van der Waals surface area contributed by atoms with Gasteiger partial charge in [0.25, 0.3) is 0 Å². The van der Waals surface area contributed by atoms with Crippen LogP contribution in [-0.2, 0) is 6.61 Å². The Morgan fingerprint density at radius 3 is 3.00 bits per heavy atom. The molecule has 0 aliphatic carbocycles. The summed E-state index contributed by atoms with van der Waals surface area (Å²) in [4.78, 5) is 5.74. The van der Waals surface area contributed by atoms with Crippen LogP contribution in [0.4, 0.5) is 10.2 Å². The number of hydrogen-bond acceptors (Lipinski definition) is 4. The number of aliphatic hydroxyl groups is 2. The highest BCUT2D eigenvalue weighted by molar-refractivity contribution is 5.44. The fourth-order valence-electron chi connectivity index (χ4n) is 2.21.